The van der Waals surface area contributed by atoms with Gasteiger partial charge in [-0.15, -0.1) is 11.3 Å². The number of carbonyl (C=O) groups is 1. The van der Waals surface area contributed by atoms with E-state index in [4.69, 9.17) is 0 Å². The molecule has 0 aliphatic heterocycles. The molecule has 96 valence electrons. The maximum absolute atomic E-state index is 12.4. The summed E-state index contributed by atoms with van der Waals surface area (Å²) in [6.07, 6.45) is 1.93. The summed E-state index contributed by atoms with van der Waals surface area (Å²) in [4.78, 5) is 18.1. The van der Waals surface area contributed by atoms with Crippen LogP contribution in [0.25, 0.3) is 0 Å². The average molecular weight is 262 g/mol. The summed E-state index contributed by atoms with van der Waals surface area (Å²) < 4.78 is 0. The highest BCUT2D eigenvalue weighted by atomic mass is 32.1. The number of ketones is 1. The van der Waals surface area contributed by atoms with Crippen LogP contribution in [0.1, 0.15) is 42.3 Å². The van der Waals surface area contributed by atoms with Gasteiger partial charge in [0, 0.05) is 16.7 Å². The minimum absolute atomic E-state index is 0.0861. The number of thiazole rings is 1. The van der Waals surface area contributed by atoms with Crippen LogP contribution in [-0.4, -0.2) is 10.8 Å². The number of hydrogen-bond acceptors (Lipinski definition) is 4. The zero-order valence-corrected chi connectivity index (χ0v) is 12.1. The van der Waals surface area contributed by atoms with E-state index in [1.165, 1.54) is 4.88 Å². The summed E-state index contributed by atoms with van der Waals surface area (Å²) in [7, 11) is 0. The largest absolute Gasteiger partial charge is 0.297 e. The van der Waals surface area contributed by atoms with E-state index in [1.54, 1.807) is 11.3 Å². The molecule has 1 atom stereocenters. The summed E-state index contributed by atoms with van der Waals surface area (Å²) in [6.45, 7) is 7.87. The highest BCUT2D eigenvalue weighted by Gasteiger charge is 2.52. The molecular weight excluding hydrogens is 244 g/mol. The molecule has 4 heteroatoms. The van der Waals surface area contributed by atoms with Crippen LogP contribution in [0.3, 0.4) is 0 Å². The Bertz CT molecular complexity index is 519. The molecule has 0 aromatic carbocycles. The van der Waals surface area contributed by atoms with Crippen LogP contribution in [0.4, 0.5) is 0 Å². The number of aromatic nitrogens is 1. The first-order chi connectivity index (χ1) is 8.31. The number of Topliss-reactive ketones (excluding diaryl/α,β-unsaturated/α-hetero) is 1. The van der Waals surface area contributed by atoms with Crippen molar-refractivity contribution in [1.82, 2.24) is 4.98 Å². The molecule has 1 fully saturated rings. The number of nitrogens with zero attached hydrogens (tertiary/aromatic N) is 2. The predicted molar refractivity (Wildman–Crippen MR) is 71.4 cm³/mol. The van der Waals surface area contributed by atoms with Crippen molar-refractivity contribution in [3.8, 4) is 6.07 Å². The molecule has 1 aromatic rings. The molecule has 1 saturated carbocycles. The fourth-order valence-electron chi connectivity index (χ4n) is 2.59. The van der Waals surface area contributed by atoms with Gasteiger partial charge < -0.3 is 0 Å². The Labute approximate surface area is 112 Å². The molecule has 3 nitrogen and oxygen atoms in total. The van der Waals surface area contributed by atoms with Crippen molar-refractivity contribution in [2.24, 2.45) is 10.8 Å². The van der Waals surface area contributed by atoms with Crippen LogP contribution in [0.2, 0.25) is 0 Å². The van der Waals surface area contributed by atoms with Crippen LogP contribution in [-0.2, 0) is 11.2 Å². The zero-order valence-electron chi connectivity index (χ0n) is 11.3. The van der Waals surface area contributed by atoms with Gasteiger partial charge in [0.1, 0.15) is 5.41 Å². The topological polar surface area (TPSA) is 53.8 Å². The van der Waals surface area contributed by atoms with Gasteiger partial charge in [0.25, 0.3) is 0 Å². The second kappa shape index (κ2) is 4.17. The van der Waals surface area contributed by atoms with Gasteiger partial charge in [-0.25, -0.2) is 4.98 Å². The van der Waals surface area contributed by atoms with Gasteiger partial charge in [0.15, 0.2) is 5.78 Å². The Balaban J connectivity index is 2.31. The van der Waals surface area contributed by atoms with E-state index < -0.39 is 5.41 Å². The summed E-state index contributed by atoms with van der Waals surface area (Å²) in [6, 6.07) is 2.28. The van der Waals surface area contributed by atoms with Crippen molar-refractivity contribution in [2.75, 3.05) is 0 Å². The number of carbonyl (C=O) groups excluding carboxylic acids is 1. The molecule has 2 rings (SSSR count). The lowest BCUT2D eigenvalue weighted by Gasteiger charge is -2.21. The van der Waals surface area contributed by atoms with Gasteiger partial charge in [0.05, 0.1) is 16.8 Å². The van der Waals surface area contributed by atoms with Crippen molar-refractivity contribution in [3.63, 3.8) is 0 Å². The number of aryl methyl sites for hydroxylation is 2. The first-order valence-electron chi connectivity index (χ1n) is 6.20. The number of hydrogen-bond donors (Lipinski definition) is 0. The predicted octanol–water partition coefficient (Wildman–Crippen LogP) is 3.20. The van der Waals surface area contributed by atoms with E-state index in [0.717, 1.165) is 17.1 Å². The zero-order chi connectivity index (χ0) is 13.6. The van der Waals surface area contributed by atoms with Crippen molar-refractivity contribution in [1.29, 1.82) is 5.26 Å². The van der Waals surface area contributed by atoms with Gasteiger partial charge in [-0.1, -0.05) is 13.8 Å². The first kappa shape index (κ1) is 13.2. The van der Waals surface area contributed by atoms with E-state index in [-0.39, 0.29) is 11.2 Å². The highest BCUT2D eigenvalue weighted by molar-refractivity contribution is 7.11. The third kappa shape index (κ3) is 1.97. The van der Waals surface area contributed by atoms with Crippen molar-refractivity contribution < 1.29 is 4.79 Å². The number of nitriles is 1. The second-order valence-corrected chi connectivity index (χ2v) is 7.12. The van der Waals surface area contributed by atoms with Crippen LogP contribution < -0.4 is 0 Å². The van der Waals surface area contributed by atoms with Crippen molar-refractivity contribution in [3.05, 3.63) is 15.6 Å². The van der Waals surface area contributed by atoms with Crippen LogP contribution in [0.15, 0.2) is 0 Å². The monoisotopic (exact) mass is 262 g/mol. The third-order valence-electron chi connectivity index (χ3n) is 3.97. The normalized spacial score (nSPS) is 26.3. The summed E-state index contributed by atoms with van der Waals surface area (Å²) in [5, 5.41) is 10.4. The fraction of sp³-hybridized carbons (Fsp3) is 0.643. The Morgan fingerprint density at radius 1 is 1.39 bits per heavy atom. The molecule has 1 unspecified atom stereocenters. The maximum atomic E-state index is 12.4. The first-order valence-corrected chi connectivity index (χ1v) is 7.01. The van der Waals surface area contributed by atoms with Crippen LogP contribution in [0, 0.1) is 36.0 Å². The van der Waals surface area contributed by atoms with Gasteiger partial charge in [-0.3, -0.25) is 4.79 Å². The second-order valence-electron chi connectivity index (χ2n) is 5.83. The molecule has 1 aliphatic rings. The molecule has 1 heterocycles. The van der Waals surface area contributed by atoms with Gasteiger partial charge >= 0.3 is 0 Å². The highest BCUT2D eigenvalue weighted by Crippen LogP contribution is 2.47. The molecule has 1 aliphatic carbocycles. The molecule has 0 amide bonds. The molecule has 0 spiro atoms. The molecular formula is C14H18N2OS. The van der Waals surface area contributed by atoms with E-state index in [2.05, 4.69) is 11.1 Å². The summed E-state index contributed by atoms with van der Waals surface area (Å²) in [5.74, 6) is 0.0861. The maximum Gasteiger partial charge on any atom is 0.159 e. The SMILES string of the molecule is Cc1nc(CC2(C#N)CCC(C)(C)C2=O)sc1C. The Hall–Kier alpha value is -1.21. The van der Waals surface area contributed by atoms with Gasteiger partial charge in [-0.05, 0) is 26.7 Å². The van der Waals surface area contributed by atoms with Crippen LogP contribution >= 0.6 is 11.3 Å². The average Bonchev–Trinajstić information content (AvgIpc) is 2.73. The quantitative estimate of drug-likeness (QED) is 0.822. The Kier molecular flexibility index (Phi) is 3.06. The van der Waals surface area contributed by atoms with Gasteiger partial charge in [0.2, 0.25) is 0 Å². The fourth-order valence-corrected chi connectivity index (χ4v) is 3.64. The van der Waals surface area contributed by atoms with E-state index in [9.17, 15) is 10.1 Å². The lowest BCUT2D eigenvalue weighted by Crippen LogP contribution is -2.33. The standard InChI is InChI=1S/C14H18N2OS/c1-9-10(2)18-11(16-9)7-14(8-15)6-5-13(3,4)12(14)17/h5-7H2,1-4H3. The molecule has 0 radical (unpaired) electrons. The van der Waals surface area contributed by atoms with Crippen molar-refractivity contribution in [2.45, 2.75) is 47.0 Å². The third-order valence-corrected chi connectivity index (χ3v) is 5.04. The van der Waals surface area contributed by atoms with E-state index in [1.807, 2.05) is 27.7 Å². The Morgan fingerprint density at radius 3 is 2.44 bits per heavy atom. The lowest BCUT2D eigenvalue weighted by molar-refractivity contribution is -0.130. The lowest BCUT2D eigenvalue weighted by atomic mass is 9.79. The van der Waals surface area contributed by atoms with Gasteiger partial charge in [-0.2, -0.15) is 5.26 Å². The number of rotatable bonds is 2. The molecule has 1 aromatic heterocycles. The minimum Gasteiger partial charge on any atom is -0.297 e. The molecule has 0 N–H and O–H groups in total. The van der Waals surface area contributed by atoms with Crippen molar-refractivity contribution >= 4 is 17.1 Å². The minimum atomic E-state index is -0.847. The Morgan fingerprint density at radius 2 is 2.06 bits per heavy atom. The van der Waals surface area contributed by atoms with E-state index >= 15 is 0 Å². The molecule has 18 heavy (non-hydrogen) atoms. The molecule has 0 bridgehead atoms. The van der Waals surface area contributed by atoms with E-state index in [0.29, 0.717) is 12.8 Å². The smallest absolute Gasteiger partial charge is 0.159 e. The summed E-state index contributed by atoms with van der Waals surface area (Å²) in [5.41, 5.74) is -0.204. The summed E-state index contributed by atoms with van der Waals surface area (Å²) >= 11 is 1.60. The molecule has 0 saturated heterocycles. The van der Waals surface area contributed by atoms with Crippen LogP contribution in [0.5, 0.6) is 0 Å².